The van der Waals surface area contributed by atoms with Crippen molar-refractivity contribution in [1.29, 1.82) is 0 Å². The van der Waals surface area contributed by atoms with Gasteiger partial charge in [0.25, 0.3) is 10.9 Å². The first kappa shape index (κ1) is 14.9. The summed E-state index contributed by atoms with van der Waals surface area (Å²) < 4.78 is 9.61. The second-order valence-electron chi connectivity index (χ2n) is 4.47. The van der Waals surface area contributed by atoms with Crippen LogP contribution in [-0.2, 0) is 4.74 Å². The van der Waals surface area contributed by atoms with Gasteiger partial charge in [0, 0.05) is 0 Å². The quantitative estimate of drug-likeness (QED) is 0.356. The van der Waals surface area contributed by atoms with E-state index in [0.717, 1.165) is 0 Å². The third-order valence-corrected chi connectivity index (χ3v) is 3.28. The van der Waals surface area contributed by atoms with Crippen molar-refractivity contribution >= 4 is 5.69 Å². The van der Waals surface area contributed by atoms with E-state index in [2.05, 4.69) is 5.32 Å². The van der Waals surface area contributed by atoms with Crippen LogP contribution in [0.2, 0.25) is 0 Å². The Bertz CT molecular complexity index is 551. The second kappa shape index (κ2) is 5.46. The molecule has 0 radical (unpaired) electrons. The molecule has 0 saturated carbocycles. The van der Waals surface area contributed by atoms with Gasteiger partial charge in [-0.2, -0.15) is 0 Å². The van der Waals surface area contributed by atoms with Crippen LogP contribution in [0, 0.1) is 0 Å². The first-order valence-corrected chi connectivity index (χ1v) is 5.86. The predicted molar refractivity (Wildman–Crippen MR) is 65.3 cm³/mol. The normalized spacial score (nSPS) is 34.1. The fourth-order valence-electron chi connectivity index (χ4n) is 2.12. The Morgan fingerprint density at radius 1 is 1.20 bits per heavy atom. The van der Waals surface area contributed by atoms with Crippen molar-refractivity contribution in [1.82, 2.24) is 0 Å². The minimum Gasteiger partial charge on any atom is -0.491 e. The molecule has 1 aromatic rings. The summed E-state index contributed by atoms with van der Waals surface area (Å²) in [7, 11) is 1.20. The van der Waals surface area contributed by atoms with Crippen LogP contribution in [0.25, 0.3) is 0 Å². The molecule has 1 heterocycles. The summed E-state index contributed by atoms with van der Waals surface area (Å²) in [5.74, 6) is -0.215. The number of hydrogen-bond acceptors (Lipinski definition) is 9. The highest BCUT2D eigenvalue weighted by Gasteiger charge is 2.44. The SMILES string of the molecule is COc1c(N[C@H]2C(O)O[C@H](CO)[C@H](O)[C@@H]2O)c(=O)c1=O. The molecule has 1 aliphatic rings. The summed E-state index contributed by atoms with van der Waals surface area (Å²) in [6.07, 6.45) is -5.70. The molecule has 0 bridgehead atoms. The summed E-state index contributed by atoms with van der Waals surface area (Å²) >= 11 is 0. The van der Waals surface area contributed by atoms with Gasteiger partial charge in [0.1, 0.15) is 30.0 Å². The van der Waals surface area contributed by atoms with Gasteiger partial charge in [-0.15, -0.1) is 0 Å². The highest BCUT2D eigenvalue weighted by molar-refractivity contribution is 5.62. The van der Waals surface area contributed by atoms with Crippen molar-refractivity contribution in [3.8, 4) is 5.75 Å². The van der Waals surface area contributed by atoms with Crippen LogP contribution in [0.15, 0.2) is 9.59 Å². The molecule has 112 valence electrons. The Labute approximate surface area is 112 Å². The summed E-state index contributed by atoms with van der Waals surface area (Å²) in [6, 6.07) is -1.25. The van der Waals surface area contributed by atoms with E-state index in [-0.39, 0.29) is 11.4 Å². The van der Waals surface area contributed by atoms with E-state index in [1.54, 1.807) is 0 Å². The molecular formula is C11H15NO8. The molecule has 20 heavy (non-hydrogen) atoms. The van der Waals surface area contributed by atoms with Crippen molar-refractivity contribution in [2.24, 2.45) is 0 Å². The molecule has 1 fully saturated rings. The number of aliphatic hydroxyl groups is 4. The fraction of sp³-hybridized carbons (Fsp3) is 0.636. The smallest absolute Gasteiger partial charge is 0.271 e. The lowest BCUT2D eigenvalue weighted by molar-refractivity contribution is -0.245. The summed E-state index contributed by atoms with van der Waals surface area (Å²) in [5.41, 5.74) is -1.86. The largest absolute Gasteiger partial charge is 0.491 e. The van der Waals surface area contributed by atoms with Gasteiger partial charge in [0.2, 0.25) is 0 Å². The summed E-state index contributed by atoms with van der Waals surface area (Å²) in [6.45, 7) is -0.592. The molecule has 1 aliphatic heterocycles. The summed E-state index contributed by atoms with van der Waals surface area (Å²) in [5, 5.41) is 40.6. The minimum absolute atomic E-state index is 0.196. The van der Waals surface area contributed by atoms with Crippen molar-refractivity contribution < 1.29 is 29.9 Å². The molecule has 9 heteroatoms. The molecule has 0 aromatic heterocycles. The highest BCUT2D eigenvalue weighted by atomic mass is 16.6. The van der Waals surface area contributed by atoms with Crippen LogP contribution in [0.4, 0.5) is 5.69 Å². The van der Waals surface area contributed by atoms with E-state index < -0.39 is 48.1 Å². The first-order valence-electron chi connectivity index (χ1n) is 5.86. The van der Waals surface area contributed by atoms with Gasteiger partial charge in [-0.05, 0) is 0 Å². The van der Waals surface area contributed by atoms with Crippen LogP contribution < -0.4 is 20.9 Å². The van der Waals surface area contributed by atoms with E-state index in [1.807, 2.05) is 0 Å². The number of ether oxygens (including phenoxy) is 2. The van der Waals surface area contributed by atoms with Crippen LogP contribution >= 0.6 is 0 Å². The average molecular weight is 289 g/mol. The molecule has 2 rings (SSSR count). The molecule has 0 amide bonds. The minimum atomic E-state index is -1.58. The molecule has 1 aromatic carbocycles. The van der Waals surface area contributed by atoms with Gasteiger partial charge in [0.15, 0.2) is 12.0 Å². The first-order chi connectivity index (χ1) is 9.42. The zero-order valence-corrected chi connectivity index (χ0v) is 10.5. The molecule has 5 N–H and O–H groups in total. The van der Waals surface area contributed by atoms with Crippen LogP contribution in [0.1, 0.15) is 0 Å². The Kier molecular flexibility index (Phi) is 4.06. The van der Waals surface area contributed by atoms with Gasteiger partial charge in [-0.3, -0.25) is 9.59 Å². The Balaban J connectivity index is 2.19. The molecular weight excluding hydrogens is 274 g/mol. The van der Waals surface area contributed by atoms with Crippen molar-refractivity contribution in [2.75, 3.05) is 19.0 Å². The van der Waals surface area contributed by atoms with Gasteiger partial charge in [-0.1, -0.05) is 0 Å². The topological polar surface area (TPSA) is 146 Å². The van der Waals surface area contributed by atoms with E-state index in [0.29, 0.717) is 0 Å². The standard InChI is InChI=1S/C11H15NO8/c1-19-10-4(7(15)9(10)17)12-5-8(16)6(14)3(2-13)20-11(5)18/h3,5-6,8,11-14,16,18H,2H2,1H3/t3-,5-,6+,8-,11?/m1/s1. The molecule has 0 spiro atoms. The number of rotatable bonds is 4. The van der Waals surface area contributed by atoms with E-state index >= 15 is 0 Å². The van der Waals surface area contributed by atoms with Crippen LogP contribution in [-0.4, -0.2) is 64.8 Å². The molecule has 5 atom stereocenters. The summed E-state index contributed by atoms with van der Waals surface area (Å²) in [4.78, 5) is 22.5. The van der Waals surface area contributed by atoms with E-state index in [4.69, 9.17) is 14.6 Å². The maximum absolute atomic E-state index is 11.4. The monoisotopic (exact) mass is 289 g/mol. The third-order valence-electron chi connectivity index (χ3n) is 3.28. The number of hydrogen-bond donors (Lipinski definition) is 5. The number of methoxy groups -OCH3 is 1. The Morgan fingerprint density at radius 3 is 2.40 bits per heavy atom. The molecule has 1 unspecified atom stereocenters. The maximum atomic E-state index is 11.4. The average Bonchev–Trinajstić information content (AvgIpc) is 2.45. The zero-order valence-electron chi connectivity index (χ0n) is 10.5. The van der Waals surface area contributed by atoms with Crippen molar-refractivity contribution in [2.45, 2.75) is 30.6 Å². The highest BCUT2D eigenvalue weighted by Crippen LogP contribution is 2.25. The lowest BCUT2D eigenvalue weighted by atomic mass is 9.96. The lowest BCUT2D eigenvalue weighted by Crippen LogP contribution is -2.61. The van der Waals surface area contributed by atoms with Crippen molar-refractivity contribution in [3.63, 3.8) is 0 Å². The van der Waals surface area contributed by atoms with Crippen molar-refractivity contribution in [3.05, 3.63) is 20.4 Å². The van der Waals surface area contributed by atoms with Crippen LogP contribution in [0.5, 0.6) is 5.75 Å². The van der Waals surface area contributed by atoms with Gasteiger partial charge >= 0.3 is 0 Å². The maximum Gasteiger partial charge on any atom is 0.271 e. The molecule has 9 nitrogen and oxygen atoms in total. The lowest BCUT2D eigenvalue weighted by Gasteiger charge is -2.40. The Hall–Kier alpha value is -1.52. The van der Waals surface area contributed by atoms with Crippen LogP contribution in [0.3, 0.4) is 0 Å². The van der Waals surface area contributed by atoms with Gasteiger partial charge in [0.05, 0.1) is 13.7 Å². The van der Waals surface area contributed by atoms with Gasteiger partial charge in [-0.25, -0.2) is 0 Å². The molecule has 0 aliphatic carbocycles. The zero-order chi connectivity index (χ0) is 15.0. The second-order valence-corrected chi connectivity index (χ2v) is 4.47. The van der Waals surface area contributed by atoms with E-state index in [1.165, 1.54) is 7.11 Å². The number of anilines is 1. The predicted octanol–water partition coefficient (Wildman–Crippen LogP) is -3.50. The van der Waals surface area contributed by atoms with Gasteiger partial charge < -0.3 is 35.2 Å². The fourth-order valence-corrected chi connectivity index (χ4v) is 2.12. The third kappa shape index (κ3) is 2.19. The van der Waals surface area contributed by atoms with E-state index in [9.17, 15) is 24.9 Å². The number of aliphatic hydroxyl groups excluding tert-OH is 4. The molecule has 1 saturated heterocycles. The Morgan fingerprint density at radius 2 is 1.85 bits per heavy atom. The number of nitrogens with one attached hydrogen (secondary N) is 1.